The van der Waals surface area contributed by atoms with E-state index < -0.39 is 0 Å². The van der Waals surface area contributed by atoms with Crippen molar-refractivity contribution in [3.8, 4) is 0 Å². The molecule has 0 radical (unpaired) electrons. The average Bonchev–Trinajstić information content (AvgIpc) is 2.83. The van der Waals surface area contributed by atoms with Crippen molar-refractivity contribution < 1.29 is 14.3 Å². The molecule has 0 aliphatic carbocycles. The zero-order valence-corrected chi connectivity index (χ0v) is 19.1. The van der Waals surface area contributed by atoms with E-state index in [1.807, 2.05) is 43.3 Å². The smallest absolute Gasteiger partial charge is 0.337 e. The number of hydrogen-bond donors (Lipinski definition) is 1. The van der Waals surface area contributed by atoms with Gasteiger partial charge in [0, 0.05) is 17.7 Å². The van der Waals surface area contributed by atoms with Gasteiger partial charge in [-0.2, -0.15) is 0 Å². The fraction of sp³-hybridized carbons (Fsp3) is 0.286. The van der Waals surface area contributed by atoms with Crippen molar-refractivity contribution in [3.63, 3.8) is 0 Å². The summed E-state index contributed by atoms with van der Waals surface area (Å²) in [6, 6.07) is 23.1. The van der Waals surface area contributed by atoms with E-state index >= 15 is 0 Å². The van der Waals surface area contributed by atoms with Gasteiger partial charge in [-0.25, -0.2) is 4.79 Å². The van der Waals surface area contributed by atoms with Crippen LogP contribution >= 0.6 is 0 Å². The molecule has 4 nitrogen and oxygen atoms in total. The number of nitrogens with one attached hydrogen (secondary N) is 1. The van der Waals surface area contributed by atoms with Crippen molar-refractivity contribution in [1.29, 1.82) is 0 Å². The second kappa shape index (κ2) is 11.3. The highest BCUT2D eigenvalue weighted by Crippen LogP contribution is 2.26. The molecule has 166 valence electrons. The minimum atomic E-state index is -0.376. The number of carbonyl (C=O) groups is 2. The summed E-state index contributed by atoms with van der Waals surface area (Å²) in [5, 5.41) is 3.52. The molecule has 0 heterocycles. The molecule has 4 heteroatoms. The van der Waals surface area contributed by atoms with Crippen LogP contribution in [0.15, 0.2) is 72.8 Å². The summed E-state index contributed by atoms with van der Waals surface area (Å²) in [7, 11) is 1.37. The minimum absolute atomic E-state index is 0.0686. The first-order chi connectivity index (χ1) is 15.5. The molecule has 1 N–H and O–H groups in total. The highest BCUT2D eigenvalue weighted by atomic mass is 16.5. The Bertz CT molecular complexity index is 1020. The Balaban J connectivity index is 1.82. The fourth-order valence-electron chi connectivity index (χ4n) is 3.61. The number of unbranched alkanes of at least 4 members (excludes halogenated alkanes) is 1. The van der Waals surface area contributed by atoms with Crippen LogP contribution < -0.4 is 5.32 Å². The van der Waals surface area contributed by atoms with Crippen LogP contribution in [-0.2, 0) is 11.2 Å². The van der Waals surface area contributed by atoms with Crippen LogP contribution in [0.5, 0.6) is 0 Å². The first-order valence-electron chi connectivity index (χ1n) is 11.1. The van der Waals surface area contributed by atoms with E-state index in [1.54, 1.807) is 12.1 Å². The van der Waals surface area contributed by atoms with Crippen molar-refractivity contribution in [2.75, 3.05) is 12.4 Å². The average molecular weight is 430 g/mol. The van der Waals surface area contributed by atoms with E-state index in [2.05, 4.69) is 36.5 Å². The van der Waals surface area contributed by atoms with Crippen LogP contribution in [0.4, 0.5) is 5.69 Å². The molecule has 0 unspecified atom stereocenters. The Hall–Kier alpha value is -3.40. The van der Waals surface area contributed by atoms with Gasteiger partial charge >= 0.3 is 5.97 Å². The van der Waals surface area contributed by atoms with Gasteiger partial charge in [-0.15, -0.1) is 0 Å². The summed E-state index contributed by atoms with van der Waals surface area (Å²) in [5.41, 5.74) is 5.52. The van der Waals surface area contributed by atoms with Gasteiger partial charge in [0.15, 0.2) is 5.78 Å². The van der Waals surface area contributed by atoms with Crippen molar-refractivity contribution in [1.82, 2.24) is 0 Å². The molecule has 3 aromatic rings. The van der Waals surface area contributed by atoms with E-state index in [9.17, 15) is 9.59 Å². The summed E-state index contributed by atoms with van der Waals surface area (Å²) in [5.74, 6) is -0.307. The van der Waals surface area contributed by atoms with Crippen LogP contribution in [0.25, 0.3) is 0 Å². The van der Waals surface area contributed by atoms with Gasteiger partial charge in [-0.1, -0.05) is 67.4 Å². The van der Waals surface area contributed by atoms with Gasteiger partial charge in [0.25, 0.3) is 0 Å². The topological polar surface area (TPSA) is 55.4 Å². The standard InChI is InChI=1S/C28H31NO3/c1-4-5-6-21-9-17-25(18-10-21)29-26(19-27(30)23-11-7-20(2)8-12-23)22-13-15-24(16-14-22)28(31)32-3/h7-18,26,29H,4-6,19H2,1-3H3/t26-/m1/s1. The van der Waals surface area contributed by atoms with E-state index in [4.69, 9.17) is 4.74 Å². The molecular weight excluding hydrogens is 398 g/mol. The highest BCUT2D eigenvalue weighted by Gasteiger charge is 2.18. The first kappa shape index (κ1) is 23.3. The molecule has 0 aromatic heterocycles. The second-order valence-corrected chi connectivity index (χ2v) is 8.10. The third-order valence-corrected chi connectivity index (χ3v) is 5.61. The number of methoxy groups -OCH3 is 1. The van der Waals surface area contributed by atoms with Crippen molar-refractivity contribution in [3.05, 3.63) is 101 Å². The van der Waals surface area contributed by atoms with E-state index in [0.29, 0.717) is 17.5 Å². The van der Waals surface area contributed by atoms with Crippen LogP contribution in [-0.4, -0.2) is 18.9 Å². The van der Waals surface area contributed by atoms with Crippen molar-refractivity contribution in [2.45, 2.75) is 45.6 Å². The van der Waals surface area contributed by atoms with Gasteiger partial charge in [0.1, 0.15) is 0 Å². The number of carbonyl (C=O) groups excluding carboxylic acids is 2. The minimum Gasteiger partial charge on any atom is -0.465 e. The van der Waals surface area contributed by atoms with Gasteiger partial charge < -0.3 is 10.1 Å². The number of ether oxygens (including phenoxy) is 1. The monoisotopic (exact) mass is 429 g/mol. The highest BCUT2D eigenvalue weighted by molar-refractivity contribution is 5.96. The predicted octanol–water partition coefficient (Wildman–Crippen LogP) is 6.55. The molecule has 1 atom stereocenters. The molecule has 0 amide bonds. The maximum absolute atomic E-state index is 13.0. The Morgan fingerprint density at radius 1 is 0.875 bits per heavy atom. The number of esters is 1. The molecule has 0 bridgehead atoms. The molecule has 3 rings (SSSR count). The number of ketones is 1. The fourth-order valence-corrected chi connectivity index (χ4v) is 3.61. The van der Waals surface area contributed by atoms with Crippen LogP contribution in [0.1, 0.15) is 69.6 Å². The van der Waals surface area contributed by atoms with Gasteiger partial charge in [-0.3, -0.25) is 4.79 Å². The maximum atomic E-state index is 13.0. The largest absolute Gasteiger partial charge is 0.465 e. The Morgan fingerprint density at radius 2 is 1.50 bits per heavy atom. The summed E-state index contributed by atoms with van der Waals surface area (Å²) >= 11 is 0. The van der Waals surface area contributed by atoms with Crippen molar-refractivity contribution >= 4 is 17.4 Å². The number of rotatable bonds is 10. The zero-order chi connectivity index (χ0) is 22.9. The van der Waals surface area contributed by atoms with E-state index in [-0.39, 0.29) is 17.8 Å². The molecule has 0 aliphatic rings. The predicted molar refractivity (Wildman–Crippen MR) is 129 cm³/mol. The zero-order valence-electron chi connectivity index (χ0n) is 19.1. The number of hydrogen-bond acceptors (Lipinski definition) is 4. The maximum Gasteiger partial charge on any atom is 0.337 e. The normalized spacial score (nSPS) is 11.6. The SMILES string of the molecule is CCCCc1ccc(N[C@H](CC(=O)c2ccc(C)cc2)c2ccc(C(=O)OC)cc2)cc1. The molecule has 0 saturated carbocycles. The van der Waals surface area contributed by atoms with Gasteiger partial charge in [0.2, 0.25) is 0 Å². The first-order valence-corrected chi connectivity index (χ1v) is 11.1. The molecule has 0 aliphatic heterocycles. The lowest BCUT2D eigenvalue weighted by molar-refractivity contribution is 0.0600. The summed E-state index contributed by atoms with van der Waals surface area (Å²) in [6.07, 6.45) is 3.72. The second-order valence-electron chi connectivity index (χ2n) is 8.10. The van der Waals surface area contributed by atoms with E-state index in [1.165, 1.54) is 25.5 Å². The number of benzene rings is 3. The van der Waals surface area contributed by atoms with Crippen molar-refractivity contribution in [2.24, 2.45) is 0 Å². The van der Waals surface area contributed by atoms with Crippen LogP contribution in [0, 0.1) is 6.92 Å². The lowest BCUT2D eigenvalue weighted by Crippen LogP contribution is -2.16. The lowest BCUT2D eigenvalue weighted by atomic mass is 9.96. The molecule has 0 spiro atoms. The summed E-state index contributed by atoms with van der Waals surface area (Å²) < 4.78 is 4.79. The molecule has 0 saturated heterocycles. The van der Waals surface area contributed by atoms with Gasteiger partial charge in [0.05, 0.1) is 18.7 Å². The summed E-state index contributed by atoms with van der Waals surface area (Å²) in [6.45, 7) is 4.20. The molecule has 32 heavy (non-hydrogen) atoms. The quantitative estimate of drug-likeness (QED) is 0.293. The molecule has 3 aromatic carbocycles. The number of Topliss-reactive ketones (excluding diaryl/α,β-unsaturated/α-hetero) is 1. The molecule has 0 fully saturated rings. The van der Waals surface area contributed by atoms with Gasteiger partial charge in [-0.05, 0) is 55.2 Å². The van der Waals surface area contributed by atoms with E-state index in [0.717, 1.165) is 23.2 Å². The number of aryl methyl sites for hydroxylation is 2. The Labute approximate surface area is 190 Å². The molecular formula is C28H31NO3. The van der Waals surface area contributed by atoms with Crippen LogP contribution in [0.3, 0.4) is 0 Å². The Morgan fingerprint density at radius 3 is 2.09 bits per heavy atom. The Kier molecular flexibility index (Phi) is 8.20. The third kappa shape index (κ3) is 6.30. The number of anilines is 1. The lowest BCUT2D eigenvalue weighted by Gasteiger charge is -2.21. The summed E-state index contributed by atoms with van der Waals surface area (Å²) in [4.78, 5) is 24.8. The third-order valence-electron chi connectivity index (χ3n) is 5.61. The van der Waals surface area contributed by atoms with Crippen LogP contribution in [0.2, 0.25) is 0 Å².